The molecule has 2 rings (SSSR count). The first-order valence-electron chi connectivity index (χ1n) is 5.41. The number of hydrogen-bond donors (Lipinski definition) is 2. The normalized spacial score (nSPS) is 11.2. The smallest absolute Gasteiger partial charge is 0.192 e. The Bertz CT molecular complexity index is 541. The fraction of sp³-hybridized carbons (Fsp3) is 0.0769. The van der Waals surface area contributed by atoms with Crippen molar-refractivity contribution in [3.8, 4) is 5.75 Å². The number of rotatable bonds is 4. The zero-order valence-corrected chi connectivity index (χ0v) is 9.65. The molecule has 0 saturated heterocycles. The van der Waals surface area contributed by atoms with Gasteiger partial charge in [-0.2, -0.15) is 0 Å². The van der Waals surface area contributed by atoms with Crippen LogP contribution in [0.25, 0.3) is 0 Å². The number of pyridine rings is 1. The van der Waals surface area contributed by atoms with Crippen LogP contribution in [0.15, 0.2) is 53.8 Å². The predicted octanol–water partition coefficient (Wildman–Crippen LogP) is 1.76. The first-order chi connectivity index (χ1) is 8.81. The molecule has 0 atom stereocenters. The molecular weight excluding hydrogens is 230 g/mol. The van der Waals surface area contributed by atoms with Gasteiger partial charge in [0.25, 0.3) is 0 Å². The SMILES string of the molecule is NC(=NO)c1ncccc1OCc1ccccc1. The van der Waals surface area contributed by atoms with Gasteiger partial charge in [0.05, 0.1) is 0 Å². The lowest BCUT2D eigenvalue weighted by Crippen LogP contribution is -2.16. The number of ether oxygens (including phenoxy) is 1. The van der Waals surface area contributed by atoms with E-state index in [4.69, 9.17) is 15.7 Å². The summed E-state index contributed by atoms with van der Waals surface area (Å²) in [5, 5.41) is 11.6. The van der Waals surface area contributed by atoms with Crippen LogP contribution >= 0.6 is 0 Å². The van der Waals surface area contributed by atoms with E-state index in [0.717, 1.165) is 5.56 Å². The Labute approximate surface area is 105 Å². The van der Waals surface area contributed by atoms with Gasteiger partial charge in [0.1, 0.15) is 12.4 Å². The third-order valence-corrected chi connectivity index (χ3v) is 2.36. The molecule has 0 aliphatic rings. The van der Waals surface area contributed by atoms with E-state index in [1.165, 1.54) is 0 Å². The zero-order valence-electron chi connectivity index (χ0n) is 9.65. The van der Waals surface area contributed by atoms with Gasteiger partial charge in [0.15, 0.2) is 11.5 Å². The molecule has 0 fully saturated rings. The van der Waals surface area contributed by atoms with E-state index < -0.39 is 0 Å². The molecule has 1 aromatic heterocycles. The van der Waals surface area contributed by atoms with Gasteiger partial charge < -0.3 is 15.7 Å². The molecule has 3 N–H and O–H groups in total. The second kappa shape index (κ2) is 5.67. The molecule has 0 aliphatic carbocycles. The van der Waals surface area contributed by atoms with E-state index >= 15 is 0 Å². The van der Waals surface area contributed by atoms with E-state index in [1.54, 1.807) is 18.3 Å². The lowest BCUT2D eigenvalue weighted by molar-refractivity contribution is 0.301. The van der Waals surface area contributed by atoms with Gasteiger partial charge in [0.2, 0.25) is 0 Å². The number of oxime groups is 1. The van der Waals surface area contributed by atoms with Crippen molar-refractivity contribution < 1.29 is 9.94 Å². The van der Waals surface area contributed by atoms with Crippen LogP contribution in [0.4, 0.5) is 0 Å². The minimum atomic E-state index is -0.0707. The Morgan fingerprint density at radius 1 is 1.22 bits per heavy atom. The number of benzene rings is 1. The molecule has 5 nitrogen and oxygen atoms in total. The summed E-state index contributed by atoms with van der Waals surface area (Å²) in [5.41, 5.74) is 6.89. The molecule has 92 valence electrons. The van der Waals surface area contributed by atoms with Crippen molar-refractivity contribution in [3.05, 3.63) is 59.9 Å². The predicted molar refractivity (Wildman–Crippen MR) is 67.5 cm³/mol. The summed E-state index contributed by atoms with van der Waals surface area (Å²) in [7, 11) is 0. The van der Waals surface area contributed by atoms with Crippen molar-refractivity contribution in [1.82, 2.24) is 4.98 Å². The molecule has 1 aromatic carbocycles. The van der Waals surface area contributed by atoms with Crippen molar-refractivity contribution in [2.45, 2.75) is 6.61 Å². The average Bonchev–Trinajstić information content (AvgIpc) is 2.45. The van der Waals surface area contributed by atoms with Gasteiger partial charge in [-0.15, -0.1) is 0 Å². The van der Waals surface area contributed by atoms with Gasteiger partial charge in [0, 0.05) is 6.20 Å². The number of aromatic nitrogens is 1. The summed E-state index contributed by atoms with van der Waals surface area (Å²) < 4.78 is 5.61. The molecule has 0 bridgehead atoms. The minimum Gasteiger partial charge on any atom is -0.486 e. The Morgan fingerprint density at radius 2 is 2.00 bits per heavy atom. The summed E-state index contributed by atoms with van der Waals surface area (Å²) in [6.07, 6.45) is 1.56. The average molecular weight is 243 g/mol. The quantitative estimate of drug-likeness (QED) is 0.371. The first-order valence-corrected chi connectivity index (χ1v) is 5.41. The summed E-state index contributed by atoms with van der Waals surface area (Å²) in [6, 6.07) is 13.2. The van der Waals surface area contributed by atoms with Crippen LogP contribution in [0, 0.1) is 0 Å². The van der Waals surface area contributed by atoms with Crippen LogP contribution in [0.2, 0.25) is 0 Å². The standard InChI is InChI=1S/C13H13N3O2/c14-13(16-17)12-11(7-4-8-15-12)18-9-10-5-2-1-3-6-10/h1-8,17H,9H2,(H2,14,16). The van der Waals surface area contributed by atoms with E-state index in [-0.39, 0.29) is 5.84 Å². The second-order valence-corrected chi connectivity index (χ2v) is 3.61. The van der Waals surface area contributed by atoms with Gasteiger partial charge in [-0.3, -0.25) is 0 Å². The highest BCUT2D eigenvalue weighted by atomic mass is 16.5. The molecular formula is C13H13N3O2. The third-order valence-electron chi connectivity index (χ3n) is 2.36. The van der Waals surface area contributed by atoms with Crippen molar-refractivity contribution in [1.29, 1.82) is 0 Å². The topological polar surface area (TPSA) is 80.7 Å². The van der Waals surface area contributed by atoms with Gasteiger partial charge >= 0.3 is 0 Å². The maximum atomic E-state index is 8.67. The number of hydrogen-bond acceptors (Lipinski definition) is 4. The summed E-state index contributed by atoms with van der Waals surface area (Å²) in [4.78, 5) is 4.02. The summed E-state index contributed by atoms with van der Waals surface area (Å²) in [6.45, 7) is 0.401. The first kappa shape index (κ1) is 11.9. The van der Waals surface area contributed by atoms with E-state index in [0.29, 0.717) is 18.1 Å². The Kier molecular flexibility index (Phi) is 3.76. The number of nitrogens with two attached hydrogens (primary N) is 1. The Hall–Kier alpha value is -2.56. The zero-order chi connectivity index (χ0) is 12.8. The highest BCUT2D eigenvalue weighted by Crippen LogP contribution is 2.16. The molecule has 0 aliphatic heterocycles. The third kappa shape index (κ3) is 2.76. The molecule has 0 radical (unpaired) electrons. The van der Waals surface area contributed by atoms with Crippen LogP contribution in [0.5, 0.6) is 5.75 Å². The lowest BCUT2D eigenvalue weighted by atomic mass is 10.2. The van der Waals surface area contributed by atoms with Gasteiger partial charge in [-0.05, 0) is 17.7 Å². The number of amidine groups is 1. The molecule has 0 spiro atoms. The highest BCUT2D eigenvalue weighted by Gasteiger charge is 2.09. The largest absolute Gasteiger partial charge is 0.486 e. The molecule has 18 heavy (non-hydrogen) atoms. The van der Waals surface area contributed by atoms with Crippen LogP contribution in [-0.2, 0) is 6.61 Å². The highest BCUT2D eigenvalue weighted by molar-refractivity contribution is 5.97. The summed E-state index contributed by atoms with van der Waals surface area (Å²) in [5.74, 6) is 0.412. The molecule has 2 aromatic rings. The lowest BCUT2D eigenvalue weighted by Gasteiger charge is -2.09. The molecule has 0 amide bonds. The van der Waals surface area contributed by atoms with E-state index in [2.05, 4.69) is 10.1 Å². The van der Waals surface area contributed by atoms with Crippen molar-refractivity contribution in [2.75, 3.05) is 0 Å². The van der Waals surface area contributed by atoms with Crippen LogP contribution in [0.1, 0.15) is 11.3 Å². The Balaban J connectivity index is 2.15. The molecule has 5 heteroatoms. The van der Waals surface area contributed by atoms with Crippen LogP contribution in [0.3, 0.4) is 0 Å². The minimum absolute atomic E-state index is 0.0707. The Morgan fingerprint density at radius 3 is 2.72 bits per heavy atom. The maximum absolute atomic E-state index is 8.67. The van der Waals surface area contributed by atoms with E-state index in [1.807, 2.05) is 30.3 Å². The summed E-state index contributed by atoms with van der Waals surface area (Å²) >= 11 is 0. The molecule has 0 saturated carbocycles. The number of nitrogens with zero attached hydrogens (tertiary/aromatic N) is 2. The van der Waals surface area contributed by atoms with Crippen molar-refractivity contribution in [2.24, 2.45) is 10.9 Å². The maximum Gasteiger partial charge on any atom is 0.192 e. The van der Waals surface area contributed by atoms with Crippen LogP contribution < -0.4 is 10.5 Å². The fourth-order valence-electron chi connectivity index (χ4n) is 1.48. The van der Waals surface area contributed by atoms with Crippen LogP contribution in [-0.4, -0.2) is 16.0 Å². The van der Waals surface area contributed by atoms with Gasteiger partial charge in [-0.25, -0.2) is 4.98 Å². The molecule has 0 unspecified atom stereocenters. The monoisotopic (exact) mass is 243 g/mol. The van der Waals surface area contributed by atoms with Crippen molar-refractivity contribution >= 4 is 5.84 Å². The van der Waals surface area contributed by atoms with E-state index in [9.17, 15) is 0 Å². The molecule has 1 heterocycles. The second-order valence-electron chi connectivity index (χ2n) is 3.61. The fourth-order valence-corrected chi connectivity index (χ4v) is 1.48. The van der Waals surface area contributed by atoms with Crippen molar-refractivity contribution in [3.63, 3.8) is 0 Å². The van der Waals surface area contributed by atoms with Gasteiger partial charge in [-0.1, -0.05) is 35.5 Å².